The summed E-state index contributed by atoms with van der Waals surface area (Å²) in [5, 5.41) is 0. The zero-order valence-corrected chi connectivity index (χ0v) is 7.51. The lowest BCUT2D eigenvalue weighted by Crippen LogP contribution is -2.15. The molecule has 5 heteroatoms. The molecule has 1 saturated heterocycles. The molecular weight excluding hydrogens is 180 g/mol. The average Bonchev–Trinajstić information content (AvgIpc) is 2.49. The van der Waals surface area contributed by atoms with E-state index in [2.05, 4.69) is 0 Å². The van der Waals surface area contributed by atoms with Gasteiger partial charge in [-0.2, -0.15) is 8.42 Å². The molecule has 1 aliphatic carbocycles. The minimum atomic E-state index is -3.81. The van der Waals surface area contributed by atoms with Crippen molar-refractivity contribution in [2.24, 2.45) is 5.92 Å². The summed E-state index contributed by atoms with van der Waals surface area (Å²) in [6, 6.07) is 0. The van der Waals surface area contributed by atoms with E-state index in [1.807, 2.05) is 0 Å². The standard InChI is InChI=1S/C7H12O4S/c8-12(9,10)5-6-3-7(1-2-7)11-4-6/h6H,1-5H2,(H,8,9,10). The van der Waals surface area contributed by atoms with Crippen molar-refractivity contribution in [2.75, 3.05) is 12.4 Å². The summed E-state index contributed by atoms with van der Waals surface area (Å²) in [7, 11) is -3.81. The Morgan fingerprint density at radius 3 is 2.58 bits per heavy atom. The molecule has 1 unspecified atom stereocenters. The van der Waals surface area contributed by atoms with Crippen LogP contribution in [0.3, 0.4) is 0 Å². The second-order valence-corrected chi connectivity index (χ2v) is 5.31. The first-order chi connectivity index (χ1) is 5.49. The van der Waals surface area contributed by atoms with Gasteiger partial charge in [0.25, 0.3) is 10.1 Å². The van der Waals surface area contributed by atoms with E-state index in [1.54, 1.807) is 0 Å². The maximum Gasteiger partial charge on any atom is 0.265 e. The van der Waals surface area contributed by atoms with Gasteiger partial charge in [0.2, 0.25) is 0 Å². The zero-order chi connectivity index (χ0) is 8.82. The molecule has 12 heavy (non-hydrogen) atoms. The number of rotatable bonds is 2. The minimum absolute atomic E-state index is 0.00231. The molecule has 2 aliphatic rings. The third kappa shape index (κ3) is 1.78. The molecule has 0 aromatic rings. The normalized spacial score (nSPS) is 32.6. The van der Waals surface area contributed by atoms with Gasteiger partial charge in [0.1, 0.15) is 0 Å². The monoisotopic (exact) mass is 192 g/mol. The van der Waals surface area contributed by atoms with Crippen molar-refractivity contribution in [1.82, 2.24) is 0 Å². The lowest BCUT2D eigenvalue weighted by atomic mass is 10.1. The van der Waals surface area contributed by atoms with Gasteiger partial charge >= 0.3 is 0 Å². The van der Waals surface area contributed by atoms with Crippen molar-refractivity contribution < 1.29 is 17.7 Å². The van der Waals surface area contributed by atoms with Crippen molar-refractivity contribution >= 4 is 10.1 Å². The van der Waals surface area contributed by atoms with Crippen LogP contribution < -0.4 is 0 Å². The summed E-state index contributed by atoms with van der Waals surface area (Å²) in [6.07, 6.45) is 2.90. The molecule has 0 bridgehead atoms. The molecule has 1 saturated carbocycles. The molecule has 2 rings (SSSR count). The Kier molecular flexibility index (Phi) is 1.72. The van der Waals surface area contributed by atoms with Crippen LogP contribution in [0.5, 0.6) is 0 Å². The molecule has 0 aromatic carbocycles. The topological polar surface area (TPSA) is 63.6 Å². The molecule has 0 aromatic heterocycles. The molecule has 2 fully saturated rings. The molecule has 1 atom stereocenters. The Bertz CT molecular complexity index is 278. The SMILES string of the molecule is O=S(=O)(O)CC1COC2(CC2)C1. The fourth-order valence-corrected chi connectivity index (χ4v) is 2.64. The van der Waals surface area contributed by atoms with Gasteiger partial charge in [-0.3, -0.25) is 4.55 Å². The van der Waals surface area contributed by atoms with Crippen LogP contribution in [0.2, 0.25) is 0 Å². The van der Waals surface area contributed by atoms with Gasteiger partial charge in [-0.05, 0) is 19.3 Å². The van der Waals surface area contributed by atoms with Crippen LogP contribution in [-0.2, 0) is 14.9 Å². The van der Waals surface area contributed by atoms with Crippen LogP contribution in [0.25, 0.3) is 0 Å². The first-order valence-corrected chi connectivity index (χ1v) is 5.69. The van der Waals surface area contributed by atoms with Crippen LogP contribution in [0, 0.1) is 5.92 Å². The molecule has 1 N–H and O–H groups in total. The second kappa shape index (κ2) is 2.43. The van der Waals surface area contributed by atoms with Crippen molar-refractivity contribution in [2.45, 2.75) is 24.9 Å². The van der Waals surface area contributed by atoms with Crippen molar-refractivity contribution in [3.8, 4) is 0 Å². The Balaban J connectivity index is 1.92. The van der Waals surface area contributed by atoms with Crippen molar-refractivity contribution in [1.29, 1.82) is 0 Å². The van der Waals surface area contributed by atoms with Gasteiger partial charge in [-0.25, -0.2) is 0 Å². The van der Waals surface area contributed by atoms with E-state index in [4.69, 9.17) is 9.29 Å². The van der Waals surface area contributed by atoms with Gasteiger partial charge in [0.15, 0.2) is 0 Å². The van der Waals surface area contributed by atoms with Crippen LogP contribution in [0.1, 0.15) is 19.3 Å². The van der Waals surface area contributed by atoms with Crippen LogP contribution in [0.15, 0.2) is 0 Å². The summed E-state index contributed by atoms with van der Waals surface area (Å²) in [5.41, 5.74) is 0.00928. The maximum atomic E-state index is 10.5. The lowest BCUT2D eigenvalue weighted by molar-refractivity contribution is 0.0880. The van der Waals surface area contributed by atoms with E-state index in [-0.39, 0.29) is 17.3 Å². The van der Waals surface area contributed by atoms with Gasteiger partial charge in [0, 0.05) is 5.92 Å². The Labute approximate surface area is 71.7 Å². The van der Waals surface area contributed by atoms with Crippen molar-refractivity contribution in [3.63, 3.8) is 0 Å². The maximum absolute atomic E-state index is 10.5. The number of ether oxygens (including phenoxy) is 1. The molecule has 1 aliphatic heterocycles. The van der Waals surface area contributed by atoms with Gasteiger partial charge < -0.3 is 4.74 Å². The molecule has 0 radical (unpaired) electrons. The molecule has 1 spiro atoms. The lowest BCUT2D eigenvalue weighted by Gasteiger charge is -2.03. The van der Waals surface area contributed by atoms with E-state index in [0.717, 1.165) is 19.3 Å². The summed E-state index contributed by atoms with van der Waals surface area (Å²) < 4.78 is 35.1. The first-order valence-electron chi connectivity index (χ1n) is 4.08. The van der Waals surface area contributed by atoms with E-state index in [9.17, 15) is 8.42 Å². The van der Waals surface area contributed by atoms with Gasteiger partial charge in [-0.1, -0.05) is 0 Å². The highest BCUT2D eigenvalue weighted by Crippen LogP contribution is 2.49. The largest absolute Gasteiger partial charge is 0.375 e. The van der Waals surface area contributed by atoms with Crippen LogP contribution in [-0.4, -0.2) is 30.9 Å². The predicted molar refractivity (Wildman–Crippen MR) is 42.4 cm³/mol. The van der Waals surface area contributed by atoms with E-state index >= 15 is 0 Å². The number of hydrogen-bond donors (Lipinski definition) is 1. The summed E-state index contributed by atoms with van der Waals surface area (Å²) in [5.74, 6) is -0.142. The fourth-order valence-electron chi connectivity index (χ4n) is 1.83. The highest BCUT2D eigenvalue weighted by atomic mass is 32.2. The van der Waals surface area contributed by atoms with Crippen LogP contribution >= 0.6 is 0 Å². The second-order valence-electron chi connectivity index (χ2n) is 3.81. The summed E-state index contributed by atoms with van der Waals surface area (Å²) >= 11 is 0. The smallest absolute Gasteiger partial charge is 0.265 e. The molecule has 70 valence electrons. The van der Waals surface area contributed by atoms with E-state index in [0.29, 0.717) is 6.61 Å². The van der Waals surface area contributed by atoms with E-state index < -0.39 is 10.1 Å². The first kappa shape index (κ1) is 8.47. The third-order valence-corrected chi connectivity index (χ3v) is 3.43. The molecule has 0 amide bonds. The Hall–Kier alpha value is -0.130. The summed E-state index contributed by atoms with van der Waals surface area (Å²) in [6.45, 7) is 0.486. The summed E-state index contributed by atoms with van der Waals surface area (Å²) in [4.78, 5) is 0. The van der Waals surface area contributed by atoms with Gasteiger partial charge in [0.05, 0.1) is 18.0 Å². The zero-order valence-electron chi connectivity index (χ0n) is 6.69. The molecule has 4 nitrogen and oxygen atoms in total. The fraction of sp³-hybridized carbons (Fsp3) is 1.00. The predicted octanol–water partition coefficient (Wildman–Crippen LogP) is 0.443. The third-order valence-electron chi connectivity index (χ3n) is 2.54. The number of hydrogen-bond acceptors (Lipinski definition) is 3. The molecular formula is C7H12O4S. The minimum Gasteiger partial charge on any atom is -0.375 e. The average molecular weight is 192 g/mol. The highest BCUT2D eigenvalue weighted by molar-refractivity contribution is 7.85. The van der Waals surface area contributed by atoms with Gasteiger partial charge in [-0.15, -0.1) is 0 Å². The Morgan fingerprint density at radius 2 is 2.17 bits per heavy atom. The molecule has 1 heterocycles. The quantitative estimate of drug-likeness (QED) is 0.645. The van der Waals surface area contributed by atoms with E-state index in [1.165, 1.54) is 0 Å². The highest BCUT2D eigenvalue weighted by Gasteiger charge is 2.50. The van der Waals surface area contributed by atoms with Crippen LogP contribution in [0.4, 0.5) is 0 Å². The van der Waals surface area contributed by atoms with Crippen molar-refractivity contribution in [3.05, 3.63) is 0 Å². The Morgan fingerprint density at radius 1 is 1.50 bits per heavy atom.